The Morgan fingerprint density at radius 3 is 2.32 bits per heavy atom. The van der Waals surface area contributed by atoms with Crippen LogP contribution in [0.5, 0.6) is 0 Å². The van der Waals surface area contributed by atoms with Crippen LogP contribution in [0.2, 0.25) is 0 Å². The second-order valence-electron chi connectivity index (χ2n) is 6.01. The van der Waals surface area contributed by atoms with Crippen LogP contribution in [-0.2, 0) is 23.9 Å². The summed E-state index contributed by atoms with van der Waals surface area (Å²) in [6.07, 6.45) is 2.36. The number of ether oxygens (including phenoxy) is 1. The Hall–Kier alpha value is -2.71. The highest BCUT2D eigenvalue weighted by molar-refractivity contribution is 7.86. The second-order valence-corrected chi connectivity index (χ2v) is 7.61. The van der Waals surface area contributed by atoms with E-state index in [2.05, 4.69) is 9.99 Å². The van der Waals surface area contributed by atoms with Gasteiger partial charge in [0, 0.05) is 6.21 Å². The van der Waals surface area contributed by atoms with Crippen LogP contribution >= 0.6 is 0 Å². The third-order valence-electron chi connectivity index (χ3n) is 3.74. The van der Waals surface area contributed by atoms with Gasteiger partial charge in [-0.15, -0.1) is 0 Å². The van der Waals surface area contributed by atoms with Gasteiger partial charge in [-0.25, -0.2) is 4.79 Å². The largest absolute Gasteiger partial charge is 0.459 e. The van der Waals surface area contributed by atoms with Gasteiger partial charge in [0.1, 0.15) is 19.8 Å². The van der Waals surface area contributed by atoms with E-state index in [-0.39, 0.29) is 6.61 Å². The second kappa shape index (κ2) is 10.6. The Labute approximate surface area is 165 Å². The van der Waals surface area contributed by atoms with Crippen LogP contribution < -0.4 is 0 Å². The maximum absolute atomic E-state index is 12.3. The fourth-order valence-corrected chi connectivity index (χ4v) is 3.12. The number of oxime groups is 1. The van der Waals surface area contributed by atoms with Crippen LogP contribution in [0.4, 0.5) is 0 Å². The molecule has 7 nitrogen and oxygen atoms in total. The van der Waals surface area contributed by atoms with E-state index < -0.39 is 22.2 Å². The van der Waals surface area contributed by atoms with Crippen LogP contribution in [-0.4, -0.2) is 46.7 Å². The minimum atomic E-state index is -3.68. The van der Waals surface area contributed by atoms with Gasteiger partial charge in [-0.05, 0) is 36.1 Å². The highest BCUT2D eigenvalue weighted by Gasteiger charge is 2.18. The number of rotatable bonds is 10. The molecular formula is C20H23NO6S. The first kappa shape index (κ1) is 21.6. The van der Waals surface area contributed by atoms with E-state index in [1.54, 1.807) is 12.1 Å². The number of nitrogens with zero attached hydrogens (tertiary/aromatic N) is 1. The Bertz CT molecular complexity index is 879. The Morgan fingerprint density at radius 2 is 1.71 bits per heavy atom. The molecule has 0 radical (unpaired) electrons. The van der Waals surface area contributed by atoms with E-state index in [4.69, 9.17) is 8.92 Å². The minimum Gasteiger partial charge on any atom is -0.459 e. The van der Waals surface area contributed by atoms with Crippen molar-refractivity contribution >= 4 is 22.3 Å². The van der Waals surface area contributed by atoms with Crippen molar-refractivity contribution in [2.24, 2.45) is 5.16 Å². The van der Waals surface area contributed by atoms with Gasteiger partial charge in [0.2, 0.25) is 0 Å². The van der Waals surface area contributed by atoms with Crippen molar-refractivity contribution in [2.45, 2.75) is 18.9 Å². The quantitative estimate of drug-likeness (QED) is 0.261. The smallest absolute Gasteiger partial charge is 0.338 e. The van der Waals surface area contributed by atoms with E-state index in [0.717, 1.165) is 17.4 Å². The van der Waals surface area contributed by atoms with E-state index in [1.807, 2.05) is 42.5 Å². The third-order valence-corrected chi connectivity index (χ3v) is 4.36. The minimum absolute atomic E-state index is 0.187. The van der Waals surface area contributed by atoms with Crippen molar-refractivity contribution in [1.29, 1.82) is 0 Å². The molecular weight excluding hydrogens is 382 g/mol. The number of carbonyl (C=O) groups is 1. The van der Waals surface area contributed by atoms with Gasteiger partial charge in [0.25, 0.3) is 10.1 Å². The van der Waals surface area contributed by atoms with E-state index in [0.29, 0.717) is 18.4 Å². The summed E-state index contributed by atoms with van der Waals surface area (Å²) >= 11 is 0. The fourth-order valence-electron chi connectivity index (χ4n) is 2.48. The molecule has 0 aromatic heterocycles. The molecule has 0 aliphatic heterocycles. The molecule has 2 aromatic carbocycles. The summed E-state index contributed by atoms with van der Waals surface area (Å²) in [5.41, 5.74) is 2.40. The molecule has 0 saturated carbocycles. The van der Waals surface area contributed by atoms with Crippen molar-refractivity contribution in [2.75, 3.05) is 20.0 Å². The SMILES string of the molecule is CON=CCC[C@@H](COC(=O)c1ccc(-c2ccccc2)cc1)OS(C)(=O)=O. The molecule has 0 unspecified atom stereocenters. The molecule has 2 aromatic rings. The average molecular weight is 405 g/mol. The highest BCUT2D eigenvalue weighted by Crippen LogP contribution is 2.19. The lowest BCUT2D eigenvalue weighted by Gasteiger charge is -2.15. The first-order chi connectivity index (χ1) is 13.4. The summed E-state index contributed by atoms with van der Waals surface area (Å²) in [6.45, 7) is -0.187. The molecule has 0 heterocycles. The van der Waals surface area contributed by atoms with Crippen molar-refractivity contribution in [3.05, 3.63) is 60.2 Å². The zero-order valence-electron chi connectivity index (χ0n) is 15.8. The molecule has 2 rings (SSSR count). The molecule has 28 heavy (non-hydrogen) atoms. The predicted octanol–water partition coefficient (Wildman–Crippen LogP) is 3.27. The van der Waals surface area contributed by atoms with Gasteiger partial charge in [0.05, 0.1) is 11.8 Å². The summed E-state index contributed by atoms with van der Waals surface area (Å²) in [6, 6.07) is 16.8. The topological polar surface area (TPSA) is 91.3 Å². The number of esters is 1. The Kier molecular flexibility index (Phi) is 8.16. The van der Waals surface area contributed by atoms with Crippen molar-refractivity contribution in [3.8, 4) is 11.1 Å². The Morgan fingerprint density at radius 1 is 1.07 bits per heavy atom. The fraction of sp³-hybridized carbons (Fsp3) is 0.300. The van der Waals surface area contributed by atoms with Gasteiger partial charge in [-0.2, -0.15) is 8.42 Å². The lowest BCUT2D eigenvalue weighted by Crippen LogP contribution is -2.25. The van der Waals surface area contributed by atoms with Gasteiger partial charge in [-0.1, -0.05) is 47.6 Å². The summed E-state index contributed by atoms with van der Waals surface area (Å²) in [4.78, 5) is 16.8. The number of hydrogen-bond acceptors (Lipinski definition) is 7. The molecule has 0 spiro atoms. The third kappa shape index (κ3) is 7.50. The molecule has 150 valence electrons. The van der Waals surface area contributed by atoms with Crippen LogP contribution in [0.15, 0.2) is 59.8 Å². The highest BCUT2D eigenvalue weighted by atomic mass is 32.2. The predicted molar refractivity (Wildman–Crippen MR) is 107 cm³/mol. The zero-order valence-corrected chi connectivity index (χ0v) is 16.6. The number of benzene rings is 2. The van der Waals surface area contributed by atoms with Crippen LogP contribution in [0.3, 0.4) is 0 Å². The molecule has 0 aliphatic rings. The maximum atomic E-state index is 12.3. The van der Waals surface area contributed by atoms with Gasteiger partial charge < -0.3 is 9.57 Å². The van der Waals surface area contributed by atoms with E-state index in [1.165, 1.54) is 13.3 Å². The monoisotopic (exact) mass is 405 g/mol. The van der Waals surface area contributed by atoms with Gasteiger partial charge >= 0.3 is 5.97 Å². The molecule has 0 saturated heterocycles. The lowest BCUT2D eigenvalue weighted by molar-refractivity contribution is 0.0312. The first-order valence-electron chi connectivity index (χ1n) is 8.65. The van der Waals surface area contributed by atoms with Crippen molar-refractivity contribution < 1.29 is 27.0 Å². The van der Waals surface area contributed by atoms with E-state index >= 15 is 0 Å². The van der Waals surface area contributed by atoms with Gasteiger partial charge in [0.15, 0.2) is 0 Å². The van der Waals surface area contributed by atoms with Crippen LogP contribution in [0.1, 0.15) is 23.2 Å². The molecule has 0 aliphatic carbocycles. The van der Waals surface area contributed by atoms with Crippen LogP contribution in [0, 0.1) is 0 Å². The average Bonchev–Trinajstić information content (AvgIpc) is 2.69. The number of carbonyl (C=O) groups excluding carboxylic acids is 1. The summed E-state index contributed by atoms with van der Waals surface area (Å²) in [7, 11) is -2.27. The molecule has 0 N–H and O–H groups in total. The first-order valence-corrected chi connectivity index (χ1v) is 10.5. The normalized spacial score (nSPS) is 12.6. The lowest BCUT2D eigenvalue weighted by atomic mass is 10.0. The molecule has 8 heteroatoms. The molecule has 0 bridgehead atoms. The Balaban J connectivity index is 1.96. The summed E-state index contributed by atoms with van der Waals surface area (Å²) < 4.78 is 33.0. The summed E-state index contributed by atoms with van der Waals surface area (Å²) in [5.74, 6) is -0.549. The standard InChI is InChI=1S/C20H23NO6S/c1-25-21-14-6-9-19(27-28(2,23)24)15-26-20(22)18-12-10-17(11-13-18)16-7-4-3-5-8-16/h3-5,7-8,10-14,19H,6,9,15H2,1-2H3/t19-/m0/s1. The van der Waals surface area contributed by atoms with Crippen LogP contribution in [0.25, 0.3) is 11.1 Å². The van der Waals surface area contributed by atoms with Gasteiger partial charge in [-0.3, -0.25) is 4.18 Å². The molecule has 0 fully saturated rings. The molecule has 0 amide bonds. The van der Waals surface area contributed by atoms with E-state index in [9.17, 15) is 13.2 Å². The molecule has 1 atom stereocenters. The zero-order chi connectivity index (χ0) is 20.4. The summed E-state index contributed by atoms with van der Waals surface area (Å²) in [5, 5.41) is 3.58. The number of hydrogen-bond donors (Lipinski definition) is 0. The van der Waals surface area contributed by atoms with Crippen molar-refractivity contribution in [3.63, 3.8) is 0 Å². The maximum Gasteiger partial charge on any atom is 0.338 e. The van der Waals surface area contributed by atoms with Crippen molar-refractivity contribution in [1.82, 2.24) is 0 Å².